The Morgan fingerprint density at radius 3 is 2.63 bits per heavy atom. The average Bonchev–Trinajstić information content (AvgIpc) is 3.15. The number of aromatic nitrogens is 3. The minimum Gasteiger partial charge on any atom is -0.465 e. The predicted octanol–water partition coefficient (Wildman–Crippen LogP) is 4.54. The molecule has 0 fully saturated rings. The van der Waals surface area contributed by atoms with Crippen LogP contribution < -0.4 is 5.73 Å². The second kappa shape index (κ2) is 8.53. The first kappa shape index (κ1) is 19.9. The first-order valence-electron chi connectivity index (χ1n) is 10.3. The number of hydrogen-bond donors (Lipinski definition) is 1. The molecule has 154 valence electrons. The highest BCUT2D eigenvalue weighted by atomic mass is 16.5. The first-order chi connectivity index (χ1) is 14.6. The molecule has 0 unspecified atom stereocenters. The Labute approximate surface area is 175 Å². The molecule has 0 saturated carbocycles. The Bertz CT molecular complexity index is 1200. The summed E-state index contributed by atoms with van der Waals surface area (Å²) in [4.78, 5) is 21.4. The van der Waals surface area contributed by atoms with E-state index in [0.29, 0.717) is 16.9 Å². The smallest absolute Gasteiger partial charge is 0.337 e. The van der Waals surface area contributed by atoms with Crippen molar-refractivity contribution in [3.63, 3.8) is 0 Å². The van der Waals surface area contributed by atoms with Crippen molar-refractivity contribution < 1.29 is 9.53 Å². The van der Waals surface area contributed by atoms with Crippen LogP contribution in [0.5, 0.6) is 0 Å². The number of benzene rings is 2. The number of anilines is 1. The van der Waals surface area contributed by atoms with Gasteiger partial charge in [0, 0.05) is 18.4 Å². The van der Waals surface area contributed by atoms with Gasteiger partial charge in [-0.25, -0.2) is 14.8 Å². The van der Waals surface area contributed by atoms with Crippen LogP contribution in [0.1, 0.15) is 41.5 Å². The van der Waals surface area contributed by atoms with Crippen molar-refractivity contribution in [1.29, 1.82) is 0 Å². The standard InChI is InChI=1S/C24H26N4O2/c1-3-4-10-20-27-21-22(28(20)14-13-16-8-6-5-7-9-16)18-12-11-17(24(29)30-2)15-19(18)26-23(21)25/h5-9,11-12,15H,3-4,10,13-14H2,1-2H3,(H2,25,26). The molecule has 0 atom stereocenters. The molecule has 2 heterocycles. The van der Waals surface area contributed by atoms with Gasteiger partial charge in [0.15, 0.2) is 5.82 Å². The average molecular weight is 402 g/mol. The van der Waals surface area contributed by atoms with Crippen molar-refractivity contribution in [3.05, 3.63) is 65.5 Å². The van der Waals surface area contributed by atoms with Gasteiger partial charge >= 0.3 is 5.97 Å². The second-order valence-corrected chi connectivity index (χ2v) is 7.44. The highest BCUT2D eigenvalue weighted by Gasteiger charge is 2.18. The molecule has 0 bridgehead atoms. The lowest BCUT2D eigenvalue weighted by molar-refractivity contribution is 0.0601. The number of esters is 1. The van der Waals surface area contributed by atoms with Gasteiger partial charge in [-0.05, 0) is 36.6 Å². The molecule has 2 aromatic heterocycles. The Hall–Kier alpha value is -3.41. The maximum atomic E-state index is 12.0. The first-order valence-corrected chi connectivity index (χ1v) is 10.3. The molecule has 0 amide bonds. The van der Waals surface area contributed by atoms with E-state index in [1.54, 1.807) is 12.1 Å². The summed E-state index contributed by atoms with van der Waals surface area (Å²) in [6.45, 7) is 2.98. The van der Waals surface area contributed by atoms with E-state index in [4.69, 9.17) is 15.5 Å². The number of ether oxygens (including phenoxy) is 1. The number of nitrogens with two attached hydrogens (primary N) is 1. The number of nitrogens with zero attached hydrogens (tertiary/aromatic N) is 3. The summed E-state index contributed by atoms with van der Waals surface area (Å²) < 4.78 is 7.12. The van der Waals surface area contributed by atoms with Gasteiger partial charge in [0.1, 0.15) is 11.3 Å². The van der Waals surface area contributed by atoms with Gasteiger partial charge in [-0.2, -0.15) is 0 Å². The fourth-order valence-corrected chi connectivity index (χ4v) is 3.85. The van der Waals surface area contributed by atoms with E-state index >= 15 is 0 Å². The number of unbranched alkanes of at least 4 members (excludes halogenated alkanes) is 1. The summed E-state index contributed by atoms with van der Waals surface area (Å²) in [7, 11) is 1.37. The van der Waals surface area contributed by atoms with Crippen LogP contribution in [0.15, 0.2) is 48.5 Å². The largest absolute Gasteiger partial charge is 0.465 e. The third-order valence-electron chi connectivity index (χ3n) is 5.42. The van der Waals surface area contributed by atoms with E-state index in [1.165, 1.54) is 12.7 Å². The highest BCUT2D eigenvalue weighted by molar-refractivity contribution is 6.08. The molecule has 0 saturated heterocycles. The second-order valence-electron chi connectivity index (χ2n) is 7.44. The van der Waals surface area contributed by atoms with Crippen LogP contribution >= 0.6 is 0 Å². The van der Waals surface area contributed by atoms with Crippen LogP contribution in [0, 0.1) is 0 Å². The van der Waals surface area contributed by atoms with Crippen molar-refractivity contribution in [2.75, 3.05) is 12.8 Å². The molecule has 4 rings (SSSR count). The van der Waals surface area contributed by atoms with E-state index in [0.717, 1.165) is 54.5 Å². The Morgan fingerprint density at radius 2 is 1.90 bits per heavy atom. The number of imidazole rings is 1. The van der Waals surface area contributed by atoms with Gasteiger partial charge in [-0.3, -0.25) is 0 Å². The molecule has 0 spiro atoms. The molecule has 2 aromatic carbocycles. The molecule has 0 radical (unpaired) electrons. The van der Waals surface area contributed by atoms with Crippen LogP contribution in [0.2, 0.25) is 0 Å². The SMILES string of the molecule is CCCCc1nc2c(N)nc3cc(C(=O)OC)ccc3c2n1CCc1ccccc1. The zero-order valence-corrected chi connectivity index (χ0v) is 17.4. The van der Waals surface area contributed by atoms with Crippen molar-refractivity contribution in [2.24, 2.45) is 0 Å². The Balaban J connectivity index is 1.87. The predicted molar refractivity (Wildman–Crippen MR) is 120 cm³/mol. The highest BCUT2D eigenvalue weighted by Crippen LogP contribution is 2.30. The summed E-state index contributed by atoms with van der Waals surface area (Å²) in [6.07, 6.45) is 3.95. The van der Waals surface area contributed by atoms with Crippen LogP contribution in [0.3, 0.4) is 0 Å². The van der Waals surface area contributed by atoms with Crippen molar-refractivity contribution in [3.8, 4) is 0 Å². The summed E-state index contributed by atoms with van der Waals surface area (Å²) in [5, 5.41) is 0.940. The van der Waals surface area contributed by atoms with Crippen LogP contribution in [0.4, 0.5) is 5.82 Å². The van der Waals surface area contributed by atoms with E-state index < -0.39 is 5.97 Å². The number of aryl methyl sites for hydroxylation is 3. The number of fused-ring (bicyclic) bond motifs is 3. The van der Waals surface area contributed by atoms with Gasteiger partial charge in [0.05, 0.1) is 23.7 Å². The van der Waals surface area contributed by atoms with E-state index in [-0.39, 0.29) is 0 Å². The number of pyridine rings is 1. The van der Waals surface area contributed by atoms with Gasteiger partial charge in [0.2, 0.25) is 0 Å². The molecule has 6 nitrogen and oxygen atoms in total. The third kappa shape index (κ3) is 3.73. The molecule has 4 aromatic rings. The Morgan fingerprint density at radius 1 is 1.10 bits per heavy atom. The maximum Gasteiger partial charge on any atom is 0.337 e. The molecule has 0 aliphatic heterocycles. The van der Waals surface area contributed by atoms with Crippen LogP contribution in [-0.2, 0) is 24.1 Å². The zero-order valence-electron chi connectivity index (χ0n) is 17.4. The fourth-order valence-electron chi connectivity index (χ4n) is 3.85. The van der Waals surface area contributed by atoms with Gasteiger partial charge < -0.3 is 15.0 Å². The summed E-state index contributed by atoms with van der Waals surface area (Å²) in [5.41, 5.74) is 10.4. The van der Waals surface area contributed by atoms with Crippen molar-refractivity contribution >= 4 is 33.7 Å². The minimum absolute atomic E-state index is 0.385. The lowest BCUT2D eigenvalue weighted by Gasteiger charge is -2.11. The molecule has 2 N–H and O–H groups in total. The quantitative estimate of drug-likeness (QED) is 0.459. The van der Waals surface area contributed by atoms with Gasteiger partial charge in [-0.1, -0.05) is 43.7 Å². The lowest BCUT2D eigenvalue weighted by Crippen LogP contribution is -2.07. The van der Waals surface area contributed by atoms with E-state index in [1.807, 2.05) is 12.1 Å². The number of carbonyl (C=O) groups is 1. The molecule has 6 heteroatoms. The third-order valence-corrected chi connectivity index (χ3v) is 5.42. The number of methoxy groups -OCH3 is 1. The minimum atomic E-state index is -0.390. The summed E-state index contributed by atoms with van der Waals surface area (Å²) in [6, 6.07) is 15.9. The van der Waals surface area contributed by atoms with E-state index in [2.05, 4.69) is 40.7 Å². The van der Waals surface area contributed by atoms with Crippen LogP contribution in [-0.4, -0.2) is 27.6 Å². The molecule has 30 heavy (non-hydrogen) atoms. The van der Waals surface area contributed by atoms with Gasteiger partial charge in [0.25, 0.3) is 0 Å². The fraction of sp³-hybridized carbons (Fsp3) is 0.292. The summed E-state index contributed by atoms with van der Waals surface area (Å²) >= 11 is 0. The number of carbonyl (C=O) groups excluding carboxylic acids is 1. The monoisotopic (exact) mass is 402 g/mol. The zero-order chi connectivity index (χ0) is 21.1. The Kier molecular flexibility index (Phi) is 5.65. The van der Waals surface area contributed by atoms with Crippen molar-refractivity contribution in [2.45, 2.75) is 39.2 Å². The molecular weight excluding hydrogens is 376 g/mol. The van der Waals surface area contributed by atoms with Crippen LogP contribution in [0.25, 0.3) is 21.9 Å². The van der Waals surface area contributed by atoms with E-state index in [9.17, 15) is 4.79 Å². The maximum absolute atomic E-state index is 12.0. The van der Waals surface area contributed by atoms with Gasteiger partial charge in [-0.15, -0.1) is 0 Å². The molecule has 0 aliphatic rings. The number of nitrogen functional groups attached to an aromatic ring is 1. The number of hydrogen-bond acceptors (Lipinski definition) is 5. The molecule has 0 aliphatic carbocycles. The topological polar surface area (TPSA) is 83.0 Å². The normalized spacial score (nSPS) is 11.3. The summed E-state index contributed by atoms with van der Waals surface area (Å²) in [5.74, 6) is 1.02. The number of rotatable bonds is 7. The lowest BCUT2D eigenvalue weighted by atomic mass is 10.1. The molecular formula is C24H26N4O2. The van der Waals surface area contributed by atoms with Crippen molar-refractivity contribution in [1.82, 2.24) is 14.5 Å².